The number of fused-ring (bicyclic) bond motifs is 1. The lowest BCUT2D eigenvalue weighted by Gasteiger charge is -2.09. The largest absolute Gasteiger partial charge is 0.439 e. The van der Waals surface area contributed by atoms with E-state index in [0.29, 0.717) is 37.9 Å². The number of amides is 2. The van der Waals surface area contributed by atoms with Gasteiger partial charge >= 0.3 is 11.9 Å². The summed E-state index contributed by atoms with van der Waals surface area (Å²) in [7, 11) is 0. The van der Waals surface area contributed by atoms with Crippen LogP contribution in [0.15, 0.2) is 80.5 Å². The number of aromatic nitrogens is 3. The van der Waals surface area contributed by atoms with E-state index in [4.69, 9.17) is 0 Å². The van der Waals surface area contributed by atoms with Crippen LogP contribution in [0.1, 0.15) is 21.6 Å². The molecular weight excluding hydrogens is 583 g/mol. The molecule has 5 aromatic rings. The number of aromatic amines is 2. The number of H-pyrrole nitrogens is 2. The van der Waals surface area contributed by atoms with Gasteiger partial charge in [0.25, 0.3) is 5.91 Å². The molecule has 2 heterocycles. The molecule has 198 valence electrons. The predicted octanol–water partition coefficient (Wildman–Crippen LogP) is 5.73. The molecule has 13 heteroatoms. The van der Waals surface area contributed by atoms with Crippen molar-refractivity contribution in [3.63, 3.8) is 0 Å². The van der Waals surface area contributed by atoms with Gasteiger partial charge in [0.2, 0.25) is 5.91 Å². The van der Waals surface area contributed by atoms with E-state index in [1.54, 1.807) is 42.5 Å². The number of nitrogens with one attached hydrogen (secondary N) is 4. The number of benzene rings is 3. The van der Waals surface area contributed by atoms with E-state index in [-0.39, 0.29) is 17.9 Å². The summed E-state index contributed by atoms with van der Waals surface area (Å²) in [6.07, 6.45) is -4.60. The number of carbonyl (C=O) groups excluding carboxylic acids is 2. The fourth-order valence-electron chi connectivity index (χ4n) is 3.93. The van der Waals surface area contributed by atoms with Gasteiger partial charge in [-0.25, -0.2) is 4.79 Å². The standard InChI is InChI=1S/C26H17BrF3N5O4/c27-16-8-9-18(17(12-16)23-34-25(38)39-35-23)33-24(37)20-11-14-2-1-3-19(22(14)32-20)31-21(36)10-13-4-6-15(7-5-13)26(28,29)30/h1-9,11-12,32H,10H2,(H,31,36)(H,33,37)(H,34,35,38). The zero-order valence-electron chi connectivity index (χ0n) is 19.7. The van der Waals surface area contributed by atoms with Crippen LogP contribution in [-0.4, -0.2) is 26.9 Å². The summed E-state index contributed by atoms with van der Waals surface area (Å²) in [5, 5.41) is 9.82. The molecule has 9 nitrogen and oxygen atoms in total. The number of halogens is 4. The molecule has 0 unspecified atom stereocenters. The van der Waals surface area contributed by atoms with Crippen molar-refractivity contribution in [1.29, 1.82) is 0 Å². The molecule has 0 aliphatic heterocycles. The van der Waals surface area contributed by atoms with Crippen molar-refractivity contribution < 1.29 is 27.3 Å². The fraction of sp³-hybridized carbons (Fsp3) is 0.0769. The average molecular weight is 600 g/mol. The molecule has 0 aliphatic carbocycles. The van der Waals surface area contributed by atoms with Gasteiger partial charge in [-0.2, -0.15) is 13.2 Å². The number of alkyl halides is 3. The first-order valence-corrected chi connectivity index (χ1v) is 12.1. The molecule has 0 bridgehead atoms. The molecule has 0 saturated heterocycles. The molecule has 0 radical (unpaired) electrons. The molecule has 0 saturated carbocycles. The van der Waals surface area contributed by atoms with Crippen LogP contribution in [0, 0.1) is 0 Å². The van der Waals surface area contributed by atoms with Gasteiger partial charge in [-0.05, 0) is 48.0 Å². The molecule has 39 heavy (non-hydrogen) atoms. The Balaban J connectivity index is 1.34. The highest BCUT2D eigenvalue weighted by atomic mass is 79.9. The Morgan fingerprint density at radius 2 is 1.72 bits per heavy atom. The van der Waals surface area contributed by atoms with Gasteiger partial charge in [0.15, 0.2) is 5.82 Å². The minimum atomic E-state index is -4.46. The Hall–Kier alpha value is -4.65. The van der Waals surface area contributed by atoms with Crippen LogP contribution in [0.25, 0.3) is 22.3 Å². The van der Waals surface area contributed by atoms with Crippen LogP contribution in [0.4, 0.5) is 24.5 Å². The number of carbonyl (C=O) groups is 2. The van der Waals surface area contributed by atoms with E-state index in [9.17, 15) is 27.6 Å². The number of nitrogens with zero attached hydrogens (tertiary/aromatic N) is 1. The summed E-state index contributed by atoms with van der Waals surface area (Å²) in [5.41, 5.74) is 1.47. The van der Waals surface area contributed by atoms with Gasteiger partial charge in [-0.1, -0.05) is 45.4 Å². The van der Waals surface area contributed by atoms with Crippen LogP contribution >= 0.6 is 15.9 Å². The van der Waals surface area contributed by atoms with E-state index in [2.05, 4.69) is 46.2 Å². The summed E-state index contributed by atoms with van der Waals surface area (Å²) in [4.78, 5) is 42.6. The minimum absolute atomic E-state index is 0.131. The summed E-state index contributed by atoms with van der Waals surface area (Å²) in [6, 6.07) is 16.0. The number of hydrogen-bond acceptors (Lipinski definition) is 5. The van der Waals surface area contributed by atoms with E-state index in [1.807, 2.05) is 0 Å². The Morgan fingerprint density at radius 1 is 0.949 bits per heavy atom. The minimum Gasteiger partial charge on any atom is -0.349 e. The van der Waals surface area contributed by atoms with Crippen LogP contribution in [-0.2, 0) is 17.4 Å². The average Bonchev–Trinajstić information content (AvgIpc) is 3.52. The number of para-hydroxylation sites is 1. The van der Waals surface area contributed by atoms with Gasteiger partial charge in [0.1, 0.15) is 5.69 Å². The lowest BCUT2D eigenvalue weighted by Crippen LogP contribution is -2.15. The van der Waals surface area contributed by atoms with E-state index in [1.165, 1.54) is 12.1 Å². The van der Waals surface area contributed by atoms with Crippen LogP contribution in [0.3, 0.4) is 0 Å². The van der Waals surface area contributed by atoms with Crippen molar-refractivity contribution in [2.75, 3.05) is 10.6 Å². The van der Waals surface area contributed by atoms with Gasteiger partial charge < -0.3 is 15.6 Å². The third-order valence-corrected chi connectivity index (χ3v) is 6.24. The van der Waals surface area contributed by atoms with Gasteiger partial charge in [0.05, 0.1) is 28.9 Å². The highest BCUT2D eigenvalue weighted by Gasteiger charge is 2.30. The van der Waals surface area contributed by atoms with Crippen molar-refractivity contribution in [3.05, 3.63) is 98.6 Å². The number of hydrogen-bond donors (Lipinski definition) is 4. The molecular formula is C26H17BrF3N5O4. The first-order chi connectivity index (χ1) is 18.6. The molecule has 4 N–H and O–H groups in total. The third kappa shape index (κ3) is 5.77. The fourth-order valence-corrected chi connectivity index (χ4v) is 4.29. The van der Waals surface area contributed by atoms with Crippen LogP contribution in [0.2, 0.25) is 0 Å². The predicted molar refractivity (Wildman–Crippen MR) is 140 cm³/mol. The zero-order chi connectivity index (χ0) is 27.7. The first-order valence-electron chi connectivity index (χ1n) is 11.3. The number of rotatable bonds is 6. The Bertz CT molecular complexity index is 1760. The maximum absolute atomic E-state index is 13.1. The monoisotopic (exact) mass is 599 g/mol. The maximum Gasteiger partial charge on any atom is 0.439 e. The maximum atomic E-state index is 13.1. The molecule has 0 fully saturated rings. The number of anilines is 2. The second-order valence-electron chi connectivity index (χ2n) is 8.46. The van der Waals surface area contributed by atoms with Crippen molar-refractivity contribution >= 4 is 50.0 Å². The normalized spacial score (nSPS) is 11.5. The molecule has 2 amide bonds. The van der Waals surface area contributed by atoms with E-state index < -0.39 is 29.3 Å². The lowest BCUT2D eigenvalue weighted by molar-refractivity contribution is -0.137. The molecule has 5 rings (SSSR count). The molecule has 2 aromatic heterocycles. The van der Waals surface area contributed by atoms with Gasteiger partial charge in [-0.3, -0.25) is 19.1 Å². The smallest absolute Gasteiger partial charge is 0.349 e. The lowest BCUT2D eigenvalue weighted by atomic mass is 10.1. The Labute approximate surface area is 225 Å². The summed E-state index contributed by atoms with van der Waals surface area (Å²) < 4.78 is 43.6. The molecule has 3 aromatic carbocycles. The second-order valence-corrected chi connectivity index (χ2v) is 9.38. The summed E-state index contributed by atoms with van der Waals surface area (Å²) in [5.74, 6) is -1.55. The summed E-state index contributed by atoms with van der Waals surface area (Å²) in [6.45, 7) is 0. The molecule has 0 atom stereocenters. The molecule has 0 spiro atoms. The van der Waals surface area contributed by atoms with E-state index >= 15 is 0 Å². The highest BCUT2D eigenvalue weighted by molar-refractivity contribution is 9.10. The van der Waals surface area contributed by atoms with Crippen molar-refractivity contribution in [1.82, 2.24) is 15.1 Å². The van der Waals surface area contributed by atoms with Gasteiger partial charge in [0, 0.05) is 15.4 Å². The second kappa shape index (κ2) is 10.3. The topological polar surface area (TPSA) is 133 Å². The third-order valence-electron chi connectivity index (χ3n) is 5.75. The van der Waals surface area contributed by atoms with Crippen LogP contribution < -0.4 is 16.4 Å². The Morgan fingerprint density at radius 3 is 2.41 bits per heavy atom. The first kappa shape index (κ1) is 26.0. The van der Waals surface area contributed by atoms with Crippen LogP contribution in [0.5, 0.6) is 0 Å². The highest BCUT2D eigenvalue weighted by Crippen LogP contribution is 2.31. The van der Waals surface area contributed by atoms with Crippen molar-refractivity contribution in [2.24, 2.45) is 0 Å². The summed E-state index contributed by atoms with van der Waals surface area (Å²) >= 11 is 3.35. The van der Waals surface area contributed by atoms with Gasteiger partial charge in [-0.15, -0.1) is 0 Å². The zero-order valence-corrected chi connectivity index (χ0v) is 21.2. The van der Waals surface area contributed by atoms with Crippen molar-refractivity contribution in [2.45, 2.75) is 12.6 Å². The quantitative estimate of drug-likeness (QED) is 0.198. The SMILES string of the molecule is O=C(Cc1ccc(C(F)(F)F)cc1)Nc1cccc2cc(C(=O)Nc3ccc(Br)cc3-c3noc(=O)[nH]3)[nH]c12. The van der Waals surface area contributed by atoms with Crippen molar-refractivity contribution in [3.8, 4) is 11.4 Å². The Kier molecular flexibility index (Phi) is 6.83. The molecule has 0 aliphatic rings. The van der Waals surface area contributed by atoms with E-state index in [0.717, 1.165) is 12.1 Å².